The van der Waals surface area contributed by atoms with E-state index in [1.165, 1.54) is 50.8 Å². The van der Waals surface area contributed by atoms with Crippen molar-refractivity contribution >= 4 is 182 Å². The number of nitrogens with zero attached hydrogens (tertiary/aromatic N) is 13. The van der Waals surface area contributed by atoms with Gasteiger partial charge in [-0.15, -0.1) is 20.4 Å². The largest absolute Gasteiger partial charge is 0.480 e. The Morgan fingerprint density at radius 1 is 0.463 bits per heavy atom. The molecule has 700 valence electrons. The Morgan fingerprint density at radius 3 is 1.13 bits per heavy atom. The fourth-order valence-corrected chi connectivity index (χ4v) is 14.1. The zero-order valence-electron chi connectivity index (χ0n) is 76.3. The van der Waals surface area contributed by atoms with E-state index in [9.17, 15) is 56.7 Å². The van der Waals surface area contributed by atoms with Crippen molar-refractivity contribution in [2.24, 2.45) is 5.92 Å². The number of carbonyl (C=O) groups excluding carboxylic acids is 9. The number of Topliss-reactive ketones (excluding diaryl/α,β-unsaturated/α-hetero) is 4. The second-order valence-corrected chi connectivity index (χ2v) is 34.9. The van der Waals surface area contributed by atoms with Crippen LogP contribution in [0.4, 0.5) is 49.1 Å². The molecule has 0 aliphatic heterocycles. The first-order valence-electron chi connectivity index (χ1n) is 42.2. The molecule has 14 aromatic rings. The SMILES string of the molecule is CC(=O)c1cn(CC(=O)N(CC(=O)NCc2cccc(Cl)c2F)C(C)C)c2ccc(Nc3cccnn3)cc12.CC(=O)c1cn(CC(=O)O)c2ccc(Nc3cccnn3)cc12.CC(=O)c1cn(CC(=O)OC(C)(C)C)c2ccc(Br)cc12.CC(=O)c1cn(CC(=O)OC(C)(C)C)c2ccc(Nc3cccnn3)cc12.CC(C)CCC(=O)NCc1cccc(Cl)c1F.Nc1cccnn1. The summed E-state index contributed by atoms with van der Waals surface area (Å²) in [7, 11) is 0. The van der Waals surface area contributed by atoms with Crippen LogP contribution in [0, 0.1) is 17.6 Å². The molecule has 8 aromatic heterocycles. The highest BCUT2D eigenvalue weighted by Gasteiger charge is 2.26. The highest BCUT2D eigenvalue weighted by Crippen LogP contribution is 2.33. The van der Waals surface area contributed by atoms with Gasteiger partial charge in [-0.25, -0.2) is 8.78 Å². The number of esters is 2. The predicted octanol–water partition coefficient (Wildman–Crippen LogP) is 18.4. The number of carboxylic acids is 1. The maximum atomic E-state index is 14.1. The molecular formula is C97H104BrCl2F2N19O13. The number of carboxylic acid groups (broad SMARTS) is 1. The lowest BCUT2D eigenvalue weighted by atomic mass is 10.1. The third-order valence-electron chi connectivity index (χ3n) is 19.4. The van der Waals surface area contributed by atoms with Crippen LogP contribution < -0.4 is 32.3 Å². The molecular weight excluding hydrogens is 1830 g/mol. The number of ketones is 4. The average molecular weight is 1930 g/mol. The van der Waals surface area contributed by atoms with Gasteiger partial charge in [-0.3, -0.25) is 47.9 Å². The van der Waals surface area contributed by atoms with Crippen molar-refractivity contribution in [3.8, 4) is 0 Å². The number of aromatic nitrogens is 12. The molecule has 0 saturated heterocycles. The molecule has 0 atom stereocenters. The number of aliphatic carboxylic acids is 1. The monoisotopic (exact) mass is 1930 g/mol. The van der Waals surface area contributed by atoms with E-state index in [-0.39, 0.29) is 114 Å². The molecule has 0 unspecified atom stereocenters. The summed E-state index contributed by atoms with van der Waals surface area (Å²) < 4.78 is 46.0. The molecule has 0 saturated carbocycles. The molecule has 37 heteroatoms. The van der Waals surface area contributed by atoms with Crippen LogP contribution in [0.15, 0.2) is 212 Å². The van der Waals surface area contributed by atoms with Crippen molar-refractivity contribution in [3.63, 3.8) is 0 Å². The Bertz CT molecular complexity index is 6530. The van der Waals surface area contributed by atoms with Crippen LogP contribution >= 0.6 is 39.1 Å². The summed E-state index contributed by atoms with van der Waals surface area (Å²) >= 11 is 14.9. The molecule has 0 aliphatic carbocycles. The van der Waals surface area contributed by atoms with Crippen LogP contribution in [0.25, 0.3) is 43.6 Å². The van der Waals surface area contributed by atoms with Crippen LogP contribution in [-0.4, -0.2) is 152 Å². The molecule has 3 amide bonds. The summed E-state index contributed by atoms with van der Waals surface area (Å²) in [6.07, 6.45) is 14.3. The molecule has 8 heterocycles. The van der Waals surface area contributed by atoms with Gasteiger partial charge < -0.3 is 70.1 Å². The maximum absolute atomic E-state index is 14.1. The highest BCUT2D eigenvalue weighted by atomic mass is 79.9. The van der Waals surface area contributed by atoms with Gasteiger partial charge in [0.1, 0.15) is 54.8 Å². The van der Waals surface area contributed by atoms with Gasteiger partial charge in [-0.05, 0) is 229 Å². The Labute approximate surface area is 790 Å². The normalized spacial score (nSPS) is 11.0. The fraction of sp³-hybridized carbons (Fsp3) is 0.278. The van der Waals surface area contributed by atoms with Crippen molar-refractivity contribution in [3.05, 3.63) is 267 Å². The Balaban J connectivity index is 0.000000189. The van der Waals surface area contributed by atoms with Gasteiger partial charge >= 0.3 is 17.9 Å². The quantitative estimate of drug-likeness (QED) is 0.0177. The van der Waals surface area contributed by atoms with Gasteiger partial charge in [-0.1, -0.05) is 77.2 Å². The number of halogens is 5. The highest BCUT2D eigenvalue weighted by molar-refractivity contribution is 9.10. The number of hydrogen-bond acceptors (Lipinski definition) is 24. The number of carbonyl (C=O) groups is 10. The number of benzene rings is 6. The molecule has 0 radical (unpaired) electrons. The average Bonchev–Trinajstić information content (AvgIpc) is 1.66. The van der Waals surface area contributed by atoms with E-state index in [0.717, 1.165) is 44.1 Å². The first-order chi connectivity index (χ1) is 63.5. The lowest BCUT2D eigenvalue weighted by molar-refractivity contribution is -0.156. The number of ether oxygens (including phenoxy) is 2. The van der Waals surface area contributed by atoms with Crippen molar-refractivity contribution in [1.29, 1.82) is 0 Å². The molecule has 14 rings (SSSR count). The van der Waals surface area contributed by atoms with E-state index < -0.39 is 34.7 Å². The van der Waals surface area contributed by atoms with E-state index >= 15 is 0 Å². The second kappa shape index (κ2) is 48.0. The van der Waals surface area contributed by atoms with Crippen LogP contribution in [0.2, 0.25) is 10.0 Å². The molecule has 0 fully saturated rings. The zero-order chi connectivity index (χ0) is 97.8. The molecule has 0 bridgehead atoms. The van der Waals surface area contributed by atoms with Gasteiger partial charge in [-0.2, -0.15) is 20.4 Å². The van der Waals surface area contributed by atoms with E-state index in [1.54, 1.807) is 167 Å². The summed E-state index contributed by atoms with van der Waals surface area (Å²) in [6, 6.07) is 45.3. The van der Waals surface area contributed by atoms with Gasteiger partial charge in [0, 0.05) is 174 Å². The van der Waals surface area contributed by atoms with Gasteiger partial charge in [0.15, 0.2) is 40.6 Å². The molecule has 32 nitrogen and oxygen atoms in total. The van der Waals surface area contributed by atoms with Crippen LogP contribution in [0.3, 0.4) is 0 Å². The smallest absolute Gasteiger partial charge is 0.326 e. The Kier molecular flexibility index (Phi) is 37.0. The summed E-state index contributed by atoms with van der Waals surface area (Å²) in [6.45, 7) is 24.4. The molecule has 134 heavy (non-hydrogen) atoms. The lowest BCUT2D eigenvalue weighted by Gasteiger charge is -2.26. The van der Waals surface area contributed by atoms with E-state index in [2.05, 4.69) is 97.2 Å². The van der Waals surface area contributed by atoms with E-state index in [1.807, 2.05) is 96.1 Å². The lowest BCUT2D eigenvalue weighted by Crippen LogP contribution is -2.45. The summed E-state index contributed by atoms with van der Waals surface area (Å²) in [4.78, 5) is 122. The summed E-state index contributed by atoms with van der Waals surface area (Å²) in [5, 5.41) is 57.2. The van der Waals surface area contributed by atoms with Crippen molar-refractivity contribution in [1.82, 2.24) is 74.6 Å². The minimum atomic E-state index is -0.959. The number of fused-ring (bicyclic) bond motifs is 4. The third-order valence-corrected chi connectivity index (χ3v) is 20.5. The predicted molar refractivity (Wildman–Crippen MR) is 515 cm³/mol. The summed E-state index contributed by atoms with van der Waals surface area (Å²) in [5.41, 5.74) is 12.1. The van der Waals surface area contributed by atoms with E-state index in [0.29, 0.717) is 90.9 Å². The minimum Gasteiger partial charge on any atom is -0.480 e. The van der Waals surface area contributed by atoms with E-state index in [4.69, 9.17) is 43.5 Å². The first-order valence-corrected chi connectivity index (χ1v) is 43.8. The van der Waals surface area contributed by atoms with Crippen molar-refractivity contribution in [2.75, 3.05) is 28.2 Å². The molecule has 8 N–H and O–H groups in total. The molecule has 0 aliphatic rings. The third kappa shape index (κ3) is 31.0. The number of rotatable bonds is 28. The molecule has 0 spiro atoms. The number of nitrogens with one attached hydrogen (secondary N) is 5. The van der Waals surface area contributed by atoms with Gasteiger partial charge in [0.05, 0.1) is 16.6 Å². The van der Waals surface area contributed by atoms with Gasteiger partial charge in [0.25, 0.3) is 0 Å². The number of amides is 3. The fourth-order valence-electron chi connectivity index (χ4n) is 13.3. The first kappa shape index (κ1) is 103. The molecule has 6 aromatic carbocycles. The number of nitrogens with two attached hydrogens (primary N) is 1. The number of nitrogen functional groups attached to an aromatic ring is 1. The van der Waals surface area contributed by atoms with Crippen LogP contribution in [0.5, 0.6) is 0 Å². The Morgan fingerprint density at radius 2 is 0.813 bits per heavy atom. The van der Waals surface area contributed by atoms with Crippen LogP contribution in [0.1, 0.15) is 162 Å². The zero-order valence-corrected chi connectivity index (χ0v) is 79.4. The van der Waals surface area contributed by atoms with Crippen LogP contribution in [-0.2, 0) is 77.5 Å². The van der Waals surface area contributed by atoms with Gasteiger partial charge in [0.2, 0.25) is 17.7 Å². The minimum absolute atomic E-state index is 0.0266. The standard InChI is InChI=1S/C28H28ClFN6O3.C20H22N4O3.C16H18BrNO3.C16H14N4O3.C13H17ClFNO.C4H5N3/c1-17(2)36(15-26(38)31-13-19-6-4-7-23(29)28(19)30)27(39)16-35-14-22(18(3)37)21-12-20(9-10-24(21)35)33-25-8-5-11-32-34-25;1-13(25)16-11-24(12-19(26)27-20(2,3)4)17-8-7-14(10-15(16)17)22-18-6-5-9-21-23-18;1-10(19)13-8-18(9-15(20)21-16(2,3)4)14-6-5-11(17)7-12(13)14;1-10(21)13-8-20(9-16(22)23)14-5-4-11(7-12(13)14)18-15-3-2-6-17-19-15;1-9(2)6-7-12(17)16-8-10-4-3-5-11(14)13(10)15;5-4-2-1-3-6-7-4/h4-12,14,17H,13,15-16H2,1-3H3,(H,31,38)(H,33,34);5-11H,12H2,1-4H3,(H,22,23);5-8H,9H2,1-4H3;2-8H,9H2,1H3,(H,18,19)(H,22,23);3-5,9H,6-8H2,1-2H3,(H,16,17);1-3H,(H2,5,7). The number of hydrogen-bond donors (Lipinski definition) is 7. The second-order valence-electron chi connectivity index (χ2n) is 33.2. The van der Waals surface area contributed by atoms with Crippen molar-refractivity contribution < 1.29 is 71.3 Å². The number of anilines is 7. The topological polar surface area (TPSA) is 422 Å². The Hall–Kier alpha value is -14.6. The maximum Gasteiger partial charge on any atom is 0.326 e. The summed E-state index contributed by atoms with van der Waals surface area (Å²) in [5.74, 6) is -1.13. The van der Waals surface area contributed by atoms with Crippen molar-refractivity contribution in [2.45, 2.75) is 166 Å².